The summed E-state index contributed by atoms with van der Waals surface area (Å²) in [5.41, 5.74) is 2.01. The molecule has 0 heterocycles. The molecule has 2 aromatic rings. The number of benzene rings is 2. The van der Waals surface area contributed by atoms with Crippen LogP contribution in [-0.2, 0) is 6.42 Å². The highest BCUT2D eigenvalue weighted by atomic mass is 32.2. The van der Waals surface area contributed by atoms with Gasteiger partial charge in [-0.1, -0.05) is 43.3 Å². The molecule has 0 bridgehead atoms. The molecule has 0 radical (unpaired) electrons. The van der Waals surface area contributed by atoms with Crippen molar-refractivity contribution < 1.29 is 9.53 Å². The number of methoxy groups -OCH3 is 1. The summed E-state index contributed by atoms with van der Waals surface area (Å²) in [6.07, 6.45) is 0.986. The zero-order valence-electron chi connectivity index (χ0n) is 12.6. The molecule has 0 N–H and O–H groups in total. The third-order valence-corrected chi connectivity index (χ3v) is 4.55. The first-order valence-corrected chi connectivity index (χ1v) is 7.96. The van der Waals surface area contributed by atoms with Crippen molar-refractivity contribution >= 4 is 17.5 Å². The van der Waals surface area contributed by atoms with Gasteiger partial charge in [-0.15, -0.1) is 11.8 Å². The second-order valence-electron chi connectivity index (χ2n) is 4.83. The van der Waals surface area contributed by atoms with Gasteiger partial charge in [0.2, 0.25) is 0 Å². The Bertz CT molecular complexity index is 605. The van der Waals surface area contributed by atoms with Crippen molar-refractivity contribution in [3.05, 3.63) is 59.7 Å². The molecule has 0 fully saturated rings. The molecule has 0 aliphatic carbocycles. The molecule has 21 heavy (non-hydrogen) atoms. The maximum atomic E-state index is 12.5. The van der Waals surface area contributed by atoms with E-state index in [2.05, 4.69) is 6.92 Å². The van der Waals surface area contributed by atoms with Gasteiger partial charge in [-0.2, -0.15) is 0 Å². The van der Waals surface area contributed by atoms with Gasteiger partial charge in [-0.05, 0) is 31.0 Å². The molecule has 0 amide bonds. The molecule has 0 saturated heterocycles. The first kappa shape index (κ1) is 15.6. The maximum Gasteiger partial charge on any atom is 0.175 e. The highest BCUT2D eigenvalue weighted by Gasteiger charge is 2.18. The van der Waals surface area contributed by atoms with Crippen LogP contribution < -0.4 is 4.74 Å². The number of aryl methyl sites for hydroxylation is 1. The second kappa shape index (κ2) is 7.32. The normalized spacial score (nSPS) is 12.0. The standard InChI is InChI=1S/C18H20O2S/c1-4-14-9-11-15(12-10-14)18(19)13(2)21-17-8-6-5-7-16(17)20-3/h5-13H,4H2,1-3H3. The van der Waals surface area contributed by atoms with Crippen molar-refractivity contribution in [2.75, 3.05) is 7.11 Å². The molecule has 0 aromatic heterocycles. The van der Waals surface area contributed by atoms with E-state index in [9.17, 15) is 4.79 Å². The Morgan fingerprint density at radius 3 is 2.43 bits per heavy atom. The molecule has 0 spiro atoms. The molecule has 3 heteroatoms. The number of hydrogen-bond donors (Lipinski definition) is 0. The highest BCUT2D eigenvalue weighted by Crippen LogP contribution is 2.33. The summed E-state index contributed by atoms with van der Waals surface area (Å²) in [4.78, 5) is 13.5. The van der Waals surface area contributed by atoms with Gasteiger partial charge < -0.3 is 4.74 Å². The summed E-state index contributed by atoms with van der Waals surface area (Å²) in [6, 6.07) is 15.7. The molecule has 1 atom stereocenters. The van der Waals surface area contributed by atoms with E-state index in [1.54, 1.807) is 7.11 Å². The Morgan fingerprint density at radius 2 is 1.81 bits per heavy atom. The molecular formula is C18H20O2S. The van der Waals surface area contributed by atoms with E-state index in [1.165, 1.54) is 17.3 Å². The van der Waals surface area contributed by atoms with E-state index in [0.717, 1.165) is 22.6 Å². The number of carbonyl (C=O) groups excluding carboxylic acids is 1. The molecule has 0 aliphatic heterocycles. The zero-order valence-corrected chi connectivity index (χ0v) is 13.4. The van der Waals surface area contributed by atoms with Crippen molar-refractivity contribution in [3.63, 3.8) is 0 Å². The molecule has 2 aromatic carbocycles. The lowest BCUT2D eigenvalue weighted by atomic mass is 10.1. The molecule has 110 valence electrons. The lowest BCUT2D eigenvalue weighted by Gasteiger charge is -2.13. The number of ketones is 1. The lowest BCUT2D eigenvalue weighted by molar-refractivity contribution is 0.0994. The molecular weight excluding hydrogens is 280 g/mol. The van der Waals surface area contributed by atoms with Gasteiger partial charge in [0.15, 0.2) is 5.78 Å². The Labute approximate surface area is 130 Å². The Kier molecular flexibility index (Phi) is 5.45. The average Bonchev–Trinajstić information content (AvgIpc) is 2.54. The Hall–Kier alpha value is -1.74. The third-order valence-electron chi connectivity index (χ3n) is 3.39. The predicted molar refractivity (Wildman–Crippen MR) is 88.5 cm³/mol. The van der Waals surface area contributed by atoms with Crippen LogP contribution in [0.1, 0.15) is 29.8 Å². The number of rotatable bonds is 6. The van der Waals surface area contributed by atoms with E-state index in [-0.39, 0.29) is 11.0 Å². The molecule has 0 aliphatic rings. The fourth-order valence-electron chi connectivity index (χ4n) is 2.10. The number of thioether (sulfide) groups is 1. The molecule has 0 saturated carbocycles. The summed E-state index contributed by atoms with van der Waals surface area (Å²) in [5, 5.41) is -0.145. The maximum absolute atomic E-state index is 12.5. The van der Waals surface area contributed by atoms with Crippen LogP contribution in [0.15, 0.2) is 53.4 Å². The van der Waals surface area contributed by atoms with Crippen molar-refractivity contribution in [1.82, 2.24) is 0 Å². The van der Waals surface area contributed by atoms with Gasteiger partial charge in [-0.25, -0.2) is 0 Å². The number of carbonyl (C=O) groups is 1. The molecule has 1 unspecified atom stereocenters. The van der Waals surface area contributed by atoms with Crippen LogP contribution in [0.2, 0.25) is 0 Å². The minimum absolute atomic E-state index is 0.145. The first-order valence-electron chi connectivity index (χ1n) is 7.08. The van der Waals surface area contributed by atoms with E-state index >= 15 is 0 Å². The van der Waals surface area contributed by atoms with Gasteiger partial charge in [-0.3, -0.25) is 4.79 Å². The van der Waals surface area contributed by atoms with Crippen LogP contribution in [0.4, 0.5) is 0 Å². The summed E-state index contributed by atoms with van der Waals surface area (Å²) >= 11 is 1.53. The van der Waals surface area contributed by atoms with Crippen molar-refractivity contribution in [1.29, 1.82) is 0 Å². The summed E-state index contributed by atoms with van der Waals surface area (Å²) in [6.45, 7) is 4.05. The SMILES string of the molecule is CCc1ccc(C(=O)C(C)Sc2ccccc2OC)cc1. The van der Waals surface area contributed by atoms with Crippen LogP contribution >= 0.6 is 11.8 Å². The minimum Gasteiger partial charge on any atom is -0.496 e. The van der Waals surface area contributed by atoms with E-state index in [4.69, 9.17) is 4.74 Å². The second-order valence-corrected chi connectivity index (χ2v) is 6.21. The first-order chi connectivity index (χ1) is 10.2. The van der Waals surface area contributed by atoms with Crippen LogP contribution in [-0.4, -0.2) is 18.1 Å². The third kappa shape index (κ3) is 3.88. The minimum atomic E-state index is -0.145. The smallest absolute Gasteiger partial charge is 0.175 e. The van der Waals surface area contributed by atoms with Gasteiger partial charge in [0.05, 0.1) is 17.3 Å². The van der Waals surface area contributed by atoms with Gasteiger partial charge >= 0.3 is 0 Å². The van der Waals surface area contributed by atoms with Gasteiger partial charge in [0.1, 0.15) is 5.75 Å². The molecule has 2 rings (SSSR count). The van der Waals surface area contributed by atoms with Crippen molar-refractivity contribution in [2.24, 2.45) is 0 Å². The number of para-hydroxylation sites is 1. The van der Waals surface area contributed by atoms with Crippen molar-refractivity contribution in [2.45, 2.75) is 30.4 Å². The quantitative estimate of drug-likeness (QED) is 0.575. The van der Waals surface area contributed by atoms with Crippen LogP contribution in [0.5, 0.6) is 5.75 Å². The van der Waals surface area contributed by atoms with Crippen molar-refractivity contribution in [3.8, 4) is 5.75 Å². The molecule has 2 nitrogen and oxygen atoms in total. The van der Waals surface area contributed by atoms with Gasteiger partial charge in [0, 0.05) is 5.56 Å². The zero-order chi connectivity index (χ0) is 15.2. The Morgan fingerprint density at radius 1 is 1.14 bits per heavy atom. The van der Waals surface area contributed by atoms with Crippen LogP contribution in [0.3, 0.4) is 0 Å². The summed E-state index contributed by atoms with van der Waals surface area (Å²) in [7, 11) is 1.65. The topological polar surface area (TPSA) is 26.3 Å². The number of ether oxygens (including phenoxy) is 1. The van der Waals surface area contributed by atoms with E-state index in [1.807, 2.05) is 55.5 Å². The summed E-state index contributed by atoms with van der Waals surface area (Å²) < 4.78 is 5.33. The predicted octanol–water partition coefficient (Wildman–Crippen LogP) is 4.62. The highest BCUT2D eigenvalue weighted by molar-refractivity contribution is 8.00. The van der Waals surface area contributed by atoms with Crippen LogP contribution in [0.25, 0.3) is 0 Å². The van der Waals surface area contributed by atoms with Gasteiger partial charge in [0.25, 0.3) is 0 Å². The average molecular weight is 300 g/mol. The monoisotopic (exact) mass is 300 g/mol. The largest absolute Gasteiger partial charge is 0.496 e. The van der Waals surface area contributed by atoms with E-state index in [0.29, 0.717) is 0 Å². The number of Topliss-reactive ketones (excluding diaryl/α,β-unsaturated/α-hetero) is 1. The lowest BCUT2D eigenvalue weighted by Crippen LogP contribution is -2.13. The fraction of sp³-hybridized carbons (Fsp3) is 0.278. The summed E-state index contributed by atoms with van der Waals surface area (Å²) in [5.74, 6) is 0.956. The number of hydrogen-bond acceptors (Lipinski definition) is 3. The Balaban J connectivity index is 2.11. The fourth-order valence-corrected chi connectivity index (χ4v) is 3.15. The van der Waals surface area contributed by atoms with E-state index < -0.39 is 0 Å². The van der Waals surface area contributed by atoms with Crippen LogP contribution in [0, 0.1) is 0 Å².